The first-order valence-electron chi connectivity index (χ1n) is 24.8. The van der Waals surface area contributed by atoms with Crippen LogP contribution < -0.4 is 33.4 Å². The Bertz CT molecular complexity index is 1060. The molecule has 2 aromatic rings. The van der Waals surface area contributed by atoms with Crippen LogP contribution in [0.4, 0.5) is 5.69 Å². The van der Waals surface area contributed by atoms with Gasteiger partial charge >= 0.3 is 0 Å². The molecule has 56 heavy (non-hydrogen) atoms. The summed E-state index contributed by atoms with van der Waals surface area (Å²) < 4.78 is 2.29. The minimum Gasteiger partial charge on any atom is -1.00 e. The first-order valence-corrected chi connectivity index (χ1v) is 24.8. The van der Waals surface area contributed by atoms with E-state index >= 15 is 0 Å². The topological polar surface area (TPSA) is 7.12 Å². The van der Waals surface area contributed by atoms with Crippen LogP contribution in [0.2, 0.25) is 0 Å². The number of aryl methyl sites for hydroxylation is 1. The van der Waals surface area contributed by atoms with Crippen LogP contribution in [-0.4, -0.2) is 13.1 Å². The lowest BCUT2D eigenvalue weighted by Gasteiger charge is -2.25. The fourth-order valence-corrected chi connectivity index (χ4v) is 8.13. The molecule has 0 fully saturated rings. The number of hydrogen-bond donors (Lipinski definition) is 0. The predicted molar refractivity (Wildman–Crippen MR) is 248 cm³/mol. The number of halogens is 1. The van der Waals surface area contributed by atoms with E-state index in [2.05, 4.69) is 91.2 Å². The van der Waals surface area contributed by atoms with Gasteiger partial charge in [-0.3, -0.25) is 0 Å². The standard InChI is InChI=1S/C53H93N2.HI/c1-4-7-10-12-14-16-18-20-22-24-26-28-30-32-34-36-47-55(48-37-35-33-31-29-27-25-23-21-19-17-15-13-11-8-5-2)53-42-40-51(41-43-53)38-39-52-44-49-54(50-45-52)46-9-6-3;/h38-45,49-50H,4-37,46-48H2,1-3H3;1H/q+1;/p-1. The highest BCUT2D eigenvalue weighted by Gasteiger charge is 2.07. The molecule has 1 heterocycles. The van der Waals surface area contributed by atoms with Gasteiger partial charge in [-0.1, -0.05) is 244 Å². The third-order valence-corrected chi connectivity index (χ3v) is 12.0. The molecule has 322 valence electrons. The van der Waals surface area contributed by atoms with Crippen molar-refractivity contribution >= 4 is 17.8 Å². The molecule has 0 radical (unpaired) electrons. The van der Waals surface area contributed by atoms with Gasteiger partial charge in [0, 0.05) is 37.3 Å². The normalized spacial score (nSPS) is 11.4. The van der Waals surface area contributed by atoms with Gasteiger partial charge in [-0.25, -0.2) is 4.57 Å². The molecule has 0 bridgehead atoms. The average molecular weight is 885 g/mol. The van der Waals surface area contributed by atoms with Gasteiger partial charge < -0.3 is 28.9 Å². The average Bonchev–Trinajstić information content (AvgIpc) is 3.21. The van der Waals surface area contributed by atoms with Gasteiger partial charge in [-0.2, -0.15) is 0 Å². The maximum absolute atomic E-state index is 2.70. The summed E-state index contributed by atoms with van der Waals surface area (Å²) in [4.78, 5) is 2.70. The van der Waals surface area contributed by atoms with Gasteiger partial charge in [0.05, 0.1) is 0 Å². The van der Waals surface area contributed by atoms with Crippen molar-refractivity contribution in [1.29, 1.82) is 0 Å². The van der Waals surface area contributed by atoms with Crippen molar-refractivity contribution in [2.45, 2.75) is 246 Å². The van der Waals surface area contributed by atoms with Gasteiger partial charge in [-0.05, 0) is 36.1 Å². The lowest BCUT2D eigenvalue weighted by atomic mass is 10.0. The highest BCUT2D eigenvalue weighted by Crippen LogP contribution is 2.21. The highest BCUT2D eigenvalue weighted by atomic mass is 127. The minimum absolute atomic E-state index is 0. The molecule has 0 aliphatic carbocycles. The molecule has 3 heteroatoms. The van der Waals surface area contributed by atoms with Crippen molar-refractivity contribution in [3.8, 4) is 0 Å². The Morgan fingerprint density at radius 2 is 0.643 bits per heavy atom. The summed E-state index contributed by atoms with van der Waals surface area (Å²) >= 11 is 0. The quantitative estimate of drug-likeness (QED) is 0.0367. The summed E-state index contributed by atoms with van der Waals surface area (Å²) in [5.41, 5.74) is 3.97. The summed E-state index contributed by atoms with van der Waals surface area (Å²) in [5.74, 6) is 0. The molecular weight excluding hydrogens is 792 g/mol. The van der Waals surface area contributed by atoms with E-state index in [1.54, 1.807) is 0 Å². The molecule has 2 rings (SSSR count). The van der Waals surface area contributed by atoms with Crippen molar-refractivity contribution in [1.82, 2.24) is 0 Å². The lowest BCUT2D eigenvalue weighted by molar-refractivity contribution is -0.697. The number of hydrogen-bond acceptors (Lipinski definition) is 1. The SMILES string of the molecule is CCCCCCCCCCCCCCCCCCN(CCCCCCCCCCCCCCCCCC)c1ccc(C=Cc2cc[n+](CCCC)cc2)cc1.[I-]. The van der Waals surface area contributed by atoms with Crippen molar-refractivity contribution in [2.75, 3.05) is 18.0 Å². The molecule has 0 saturated carbocycles. The van der Waals surface area contributed by atoms with Crippen LogP contribution in [0, 0.1) is 0 Å². The summed E-state index contributed by atoms with van der Waals surface area (Å²) in [6, 6.07) is 13.9. The predicted octanol–water partition coefficient (Wildman–Crippen LogP) is 14.3. The molecule has 1 aromatic heterocycles. The zero-order valence-electron chi connectivity index (χ0n) is 37.7. The Labute approximate surface area is 367 Å². The largest absolute Gasteiger partial charge is 1.00 e. The van der Waals surface area contributed by atoms with E-state index in [0.29, 0.717) is 0 Å². The Kier molecular flexibility index (Phi) is 38.0. The summed E-state index contributed by atoms with van der Waals surface area (Å²) in [6.45, 7) is 10.4. The van der Waals surface area contributed by atoms with Gasteiger partial charge in [0.15, 0.2) is 12.4 Å². The molecule has 0 aliphatic heterocycles. The molecular formula is C53H93IN2. The van der Waals surface area contributed by atoms with Crippen molar-refractivity contribution < 1.29 is 28.5 Å². The fourth-order valence-electron chi connectivity index (χ4n) is 8.13. The molecule has 1 aromatic carbocycles. The van der Waals surface area contributed by atoms with Crippen LogP contribution in [0.3, 0.4) is 0 Å². The fraction of sp³-hybridized carbons (Fsp3) is 0.755. The van der Waals surface area contributed by atoms with E-state index in [1.807, 2.05) is 0 Å². The zero-order chi connectivity index (χ0) is 39.1. The molecule has 2 nitrogen and oxygen atoms in total. The van der Waals surface area contributed by atoms with Crippen molar-refractivity contribution in [3.63, 3.8) is 0 Å². The van der Waals surface area contributed by atoms with Crippen LogP contribution in [0.15, 0.2) is 48.8 Å². The van der Waals surface area contributed by atoms with Gasteiger partial charge in [-0.15, -0.1) is 0 Å². The molecule has 0 unspecified atom stereocenters. The van der Waals surface area contributed by atoms with Gasteiger partial charge in [0.25, 0.3) is 0 Å². The van der Waals surface area contributed by atoms with E-state index < -0.39 is 0 Å². The second-order valence-corrected chi connectivity index (χ2v) is 17.2. The number of benzene rings is 1. The van der Waals surface area contributed by atoms with Crippen LogP contribution in [0.1, 0.15) is 250 Å². The Hall–Kier alpha value is -1.36. The first-order chi connectivity index (χ1) is 27.3. The number of unbranched alkanes of at least 4 members (excludes halogenated alkanes) is 31. The number of nitrogens with zero attached hydrogens (tertiary/aromatic N) is 2. The Balaban J connectivity index is 0.0000157. The van der Waals surface area contributed by atoms with Crippen LogP contribution in [-0.2, 0) is 6.54 Å². The molecule has 0 spiro atoms. The van der Waals surface area contributed by atoms with Crippen LogP contribution in [0.5, 0.6) is 0 Å². The number of aromatic nitrogens is 1. The maximum atomic E-state index is 2.70. The van der Waals surface area contributed by atoms with Crippen LogP contribution >= 0.6 is 0 Å². The number of pyridine rings is 1. The van der Waals surface area contributed by atoms with E-state index in [-0.39, 0.29) is 24.0 Å². The first kappa shape index (κ1) is 52.7. The summed E-state index contributed by atoms with van der Waals surface area (Å²) in [5, 5.41) is 0. The van der Waals surface area contributed by atoms with E-state index in [9.17, 15) is 0 Å². The monoisotopic (exact) mass is 885 g/mol. The minimum atomic E-state index is 0. The third-order valence-electron chi connectivity index (χ3n) is 12.0. The summed E-state index contributed by atoms with van der Waals surface area (Å²) in [7, 11) is 0. The molecule has 0 aliphatic rings. The highest BCUT2D eigenvalue weighted by molar-refractivity contribution is 5.70. The zero-order valence-corrected chi connectivity index (χ0v) is 39.9. The Morgan fingerprint density at radius 1 is 0.357 bits per heavy atom. The van der Waals surface area contributed by atoms with Crippen molar-refractivity contribution in [3.05, 3.63) is 59.9 Å². The summed E-state index contributed by atoms with van der Waals surface area (Å²) in [6.07, 6.45) is 57.3. The smallest absolute Gasteiger partial charge is 0.169 e. The van der Waals surface area contributed by atoms with Gasteiger partial charge in [0.2, 0.25) is 0 Å². The second kappa shape index (κ2) is 40.4. The molecule has 0 N–H and O–H groups in total. The van der Waals surface area contributed by atoms with Crippen molar-refractivity contribution in [2.24, 2.45) is 0 Å². The van der Waals surface area contributed by atoms with E-state index in [4.69, 9.17) is 0 Å². The maximum Gasteiger partial charge on any atom is 0.169 e. The van der Waals surface area contributed by atoms with E-state index in [0.717, 1.165) is 6.54 Å². The van der Waals surface area contributed by atoms with Crippen LogP contribution in [0.25, 0.3) is 12.2 Å². The molecule has 0 saturated heterocycles. The molecule has 0 amide bonds. The third kappa shape index (κ3) is 30.7. The van der Waals surface area contributed by atoms with Gasteiger partial charge in [0.1, 0.15) is 6.54 Å². The Morgan fingerprint density at radius 3 is 0.964 bits per heavy atom. The van der Waals surface area contributed by atoms with E-state index in [1.165, 1.54) is 248 Å². The number of rotatable bonds is 40. The second-order valence-electron chi connectivity index (χ2n) is 17.2. The lowest BCUT2D eigenvalue weighted by Crippen LogP contribution is -3.00. The number of anilines is 1. The molecule has 0 atom stereocenters.